The lowest BCUT2D eigenvalue weighted by molar-refractivity contribution is 0.355. The van der Waals surface area contributed by atoms with Gasteiger partial charge in [0.05, 0.1) is 39.8 Å². The van der Waals surface area contributed by atoms with Gasteiger partial charge in [0.15, 0.2) is 34.6 Å². The smallest absolute Gasteiger partial charge is 0.161 e. The molecule has 2 fully saturated rings. The largest absolute Gasteiger partial charge is 0.493 e. The lowest BCUT2D eigenvalue weighted by atomic mass is 10.1. The third-order valence-corrected chi connectivity index (χ3v) is 8.06. The monoisotopic (exact) mass is 594 g/mol. The number of nitrogens with zero attached hydrogens (tertiary/aromatic N) is 6. The van der Waals surface area contributed by atoms with Crippen LogP contribution in [0.2, 0.25) is 0 Å². The van der Waals surface area contributed by atoms with Crippen molar-refractivity contribution in [2.24, 2.45) is 0 Å². The van der Waals surface area contributed by atoms with E-state index in [1.807, 2.05) is 60.7 Å². The summed E-state index contributed by atoms with van der Waals surface area (Å²) in [4.78, 5) is 24.3. The molecule has 4 heterocycles. The van der Waals surface area contributed by atoms with Crippen LogP contribution in [-0.2, 0) is 0 Å². The van der Waals surface area contributed by atoms with Gasteiger partial charge in [-0.2, -0.15) is 0 Å². The highest BCUT2D eigenvalue weighted by Crippen LogP contribution is 2.35. The molecule has 4 aromatic rings. The Hall–Kier alpha value is -4.86. The van der Waals surface area contributed by atoms with Crippen LogP contribution in [0.5, 0.6) is 23.0 Å². The molecule has 6 rings (SSSR count). The van der Waals surface area contributed by atoms with Gasteiger partial charge >= 0.3 is 0 Å². The van der Waals surface area contributed by atoms with Crippen LogP contribution in [0.3, 0.4) is 0 Å². The summed E-state index contributed by atoms with van der Waals surface area (Å²) in [5.41, 5.74) is 3.45. The fourth-order valence-electron chi connectivity index (χ4n) is 5.71. The van der Waals surface area contributed by atoms with Gasteiger partial charge < -0.3 is 28.7 Å². The van der Waals surface area contributed by atoms with E-state index in [2.05, 4.69) is 9.80 Å². The minimum atomic E-state index is 0.585. The van der Waals surface area contributed by atoms with Gasteiger partial charge in [-0.05, 0) is 74.2 Å². The normalized spacial score (nSPS) is 14.8. The molecule has 2 aromatic heterocycles. The highest BCUT2D eigenvalue weighted by molar-refractivity contribution is 5.73. The number of hydrogen-bond donors (Lipinski definition) is 0. The predicted molar refractivity (Wildman–Crippen MR) is 173 cm³/mol. The van der Waals surface area contributed by atoms with Gasteiger partial charge in [0.2, 0.25) is 0 Å². The summed E-state index contributed by atoms with van der Waals surface area (Å²) in [7, 11) is 6.54. The first-order valence-corrected chi connectivity index (χ1v) is 15.0. The van der Waals surface area contributed by atoms with Crippen molar-refractivity contribution in [3.05, 3.63) is 60.2 Å². The van der Waals surface area contributed by atoms with E-state index in [0.29, 0.717) is 34.6 Å². The second-order valence-corrected chi connectivity index (χ2v) is 10.8. The summed E-state index contributed by atoms with van der Waals surface area (Å²) in [5.74, 6) is 5.62. The van der Waals surface area contributed by atoms with Crippen molar-refractivity contribution in [2.75, 3.05) is 64.4 Å². The molecule has 228 valence electrons. The van der Waals surface area contributed by atoms with Crippen molar-refractivity contribution in [1.82, 2.24) is 19.9 Å². The lowest BCUT2D eigenvalue weighted by Crippen LogP contribution is -2.20. The highest BCUT2D eigenvalue weighted by Gasteiger charge is 2.19. The predicted octanol–water partition coefficient (Wildman–Crippen LogP) is 6.01. The number of methoxy groups -OCH3 is 4. The summed E-state index contributed by atoms with van der Waals surface area (Å²) in [6.45, 7) is 3.89. The van der Waals surface area contributed by atoms with Gasteiger partial charge in [-0.1, -0.05) is 0 Å². The molecule has 2 aliphatic heterocycles. The zero-order chi connectivity index (χ0) is 30.5. The molecule has 0 saturated carbocycles. The molecular weight excluding hydrogens is 556 g/mol. The maximum absolute atomic E-state index is 5.56. The molecule has 0 amide bonds. The minimum absolute atomic E-state index is 0.585. The summed E-state index contributed by atoms with van der Waals surface area (Å²) in [6, 6.07) is 15.8. The van der Waals surface area contributed by atoms with Crippen molar-refractivity contribution in [1.29, 1.82) is 0 Å². The van der Waals surface area contributed by atoms with E-state index in [-0.39, 0.29) is 0 Å². The fraction of sp³-hybridized carbons (Fsp3) is 0.353. The van der Waals surface area contributed by atoms with Crippen molar-refractivity contribution in [3.8, 4) is 45.5 Å². The van der Waals surface area contributed by atoms with Crippen LogP contribution in [0.4, 0.5) is 11.6 Å². The Kier molecular flexibility index (Phi) is 8.76. The van der Waals surface area contributed by atoms with E-state index >= 15 is 0 Å². The summed E-state index contributed by atoms with van der Waals surface area (Å²) in [6.07, 6.45) is 8.39. The molecule has 2 saturated heterocycles. The summed E-state index contributed by atoms with van der Waals surface area (Å²) in [5, 5.41) is 0. The second-order valence-electron chi connectivity index (χ2n) is 10.8. The summed E-state index contributed by atoms with van der Waals surface area (Å²) >= 11 is 0. The number of hydrogen-bond acceptors (Lipinski definition) is 10. The Morgan fingerprint density at radius 2 is 0.886 bits per heavy atom. The van der Waals surface area contributed by atoms with Crippen LogP contribution in [0.1, 0.15) is 37.3 Å². The quantitative estimate of drug-likeness (QED) is 0.217. The van der Waals surface area contributed by atoms with Crippen LogP contribution < -0.4 is 28.7 Å². The molecular formula is C34H38N6O4. The number of rotatable bonds is 10. The van der Waals surface area contributed by atoms with Crippen molar-refractivity contribution in [2.45, 2.75) is 25.7 Å². The molecule has 0 aliphatic carbocycles. The first-order chi connectivity index (χ1) is 21.6. The van der Waals surface area contributed by atoms with Crippen LogP contribution in [-0.4, -0.2) is 74.6 Å². The maximum atomic E-state index is 5.56. The summed E-state index contributed by atoms with van der Waals surface area (Å²) < 4.78 is 22.0. The van der Waals surface area contributed by atoms with Crippen LogP contribution in [0, 0.1) is 0 Å². The van der Waals surface area contributed by atoms with E-state index in [0.717, 1.165) is 86.0 Å². The molecule has 2 aromatic carbocycles. The first kappa shape index (κ1) is 29.2. The lowest BCUT2D eigenvalue weighted by Gasteiger charge is -2.18. The van der Waals surface area contributed by atoms with Gasteiger partial charge in [0, 0.05) is 49.4 Å². The van der Waals surface area contributed by atoms with Crippen LogP contribution in [0.25, 0.3) is 34.7 Å². The Morgan fingerprint density at radius 3 is 1.25 bits per heavy atom. The van der Waals surface area contributed by atoms with Crippen LogP contribution in [0.15, 0.2) is 48.5 Å². The SMILES string of the molecule is COc1ccc(-c2cc(N3CCCC3)nc(/C=C/c3nc(-c4ccc(OC)c(OC)c4)cc(N4CCCC4)n3)n2)cc1OC. The van der Waals surface area contributed by atoms with Crippen molar-refractivity contribution < 1.29 is 18.9 Å². The molecule has 10 nitrogen and oxygen atoms in total. The van der Waals surface area contributed by atoms with Crippen LogP contribution >= 0.6 is 0 Å². The average Bonchev–Trinajstić information content (AvgIpc) is 3.82. The van der Waals surface area contributed by atoms with Gasteiger partial charge in [0.1, 0.15) is 11.6 Å². The minimum Gasteiger partial charge on any atom is -0.493 e. The van der Waals surface area contributed by atoms with Gasteiger partial charge in [-0.15, -0.1) is 0 Å². The topological polar surface area (TPSA) is 95.0 Å². The molecule has 0 atom stereocenters. The standard InChI is InChI=1S/C34H38N6O4/c1-41-27-11-9-23(19-29(27)43-3)25-21-33(39-15-5-6-16-39)37-31(35-25)13-14-32-36-26(22-34(38-32)40-17-7-8-18-40)24-10-12-28(42-2)30(20-24)44-4/h9-14,19-22H,5-8,15-18H2,1-4H3/b14-13+. The van der Waals surface area contributed by atoms with E-state index in [4.69, 9.17) is 38.9 Å². The average molecular weight is 595 g/mol. The van der Waals surface area contributed by atoms with Gasteiger partial charge in [-0.25, -0.2) is 19.9 Å². The number of aromatic nitrogens is 4. The highest BCUT2D eigenvalue weighted by atomic mass is 16.5. The Bertz CT molecular complexity index is 1530. The first-order valence-electron chi connectivity index (χ1n) is 15.0. The van der Waals surface area contributed by atoms with Gasteiger partial charge in [-0.3, -0.25) is 0 Å². The Morgan fingerprint density at radius 1 is 0.500 bits per heavy atom. The number of ether oxygens (including phenoxy) is 4. The third-order valence-electron chi connectivity index (χ3n) is 8.06. The fourth-order valence-corrected chi connectivity index (χ4v) is 5.71. The van der Waals surface area contributed by atoms with Gasteiger partial charge in [0.25, 0.3) is 0 Å². The van der Waals surface area contributed by atoms with E-state index in [1.165, 1.54) is 0 Å². The Labute approximate surface area is 258 Å². The molecule has 10 heteroatoms. The van der Waals surface area contributed by atoms with Crippen molar-refractivity contribution in [3.63, 3.8) is 0 Å². The Balaban J connectivity index is 1.40. The molecule has 44 heavy (non-hydrogen) atoms. The molecule has 2 aliphatic rings. The molecule has 0 bridgehead atoms. The number of benzene rings is 2. The van der Waals surface area contributed by atoms with Crippen molar-refractivity contribution >= 4 is 23.8 Å². The van der Waals surface area contributed by atoms with E-state index in [1.54, 1.807) is 28.4 Å². The third kappa shape index (κ3) is 6.24. The molecule has 0 radical (unpaired) electrons. The van der Waals surface area contributed by atoms with E-state index < -0.39 is 0 Å². The zero-order valence-electron chi connectivity index (χ0n) is 25.7. The molecule has 0 spiro atoms. The number of anilines is 2. The zero-order valence-corrected chi connectivity index (χ0v) is 25.7. The second kappa shape index (κ2) is 13.2. The molecule has 0 unspecified atom stereocenters. The van der Waals surface area contributed by atoms with E-state index in [9.17, 15) is 0 Å². The maximum Gasteiger partial charge on any atom is 0.161 e. The molecule has 0 N–H and O–H groups in total.